The van der Waals surface area contributed by atoms with Gasteiger partial charge in [0.25, 0.3) is 0 Å². The number of rotatable bonds is 2. The highest BCUT2D eigenvalue weighted by atomic mass is 35.5. The molecule has 1 aromatic carbocycles. The molecule has 1 saturated heterocycles. The van der Waals surface area contributed by atoms with Gasteiger partial charge in [-0.1, -0.05) is 12.1 Å². The highest BCUT2D eigenvalue weighted by Crippen LogP contribution is 2.22. The third-order valence-corrected chi connectivity index (χ3v) is 4.02. The van der Waals surface area contributed by atoms with Crippen LogP contribution in [0.3, 0.4) is 0 Å². The predicted molar refractivity (Wildman–Crippen MR) is 97.7 cm³/mol. The van der Waals surface area contributed by atoms with Crippen molar-refractivity contribution in [2.75, 3.05) is 41.7 Å². The summed E-state index contributed by atoms with van der Waals surface area (Å²) in [5, 5.41) is 0.896. The van der Waals surface area contributed by atoms with E-state index < -0.39 is 0 Å². The molecule has 0 radical (unpaired) electrons. The number of halogens is 1. The first kappa shape index (κ1) is 16.2. The van der Waals surface area contributed by atoms with Crippen LogP contribution < -0.4 is 15.5 Å². The lowest BCUT2D eigenvalue weighted by atomic mass is 10.2. The van der Waals surface area contributed by atoms with E-state index in [9.17, 15) is 0 Å². The molecule has 1 fully saturated rings. The number of benzene rings is 1. The summed E-state index contributed by atoms with van der Waals surface area (Å²) in [7, 11) is 0. The summed E-state index contributed by atoms with van der Waals surface area (Å²) in [6.07, 6.45) is 3.53. The average Bonchev–Trinajstić information content (AvgIpc) is 2.63. The van der Waals surface area contributed by atoms with Crippen molar-refractivity contribution in [2.24, 2.45) is 0 Å². The summed E-state index contributed by atoms with van der Waals surface area (Å²) >= 11 is 0. The van der Waals surface area contributed by atoms with Gasteiger partial charge >= 0.3 is 0 Å². The quantitative estimate of drug-likeness (QED) is 0.758. The number of nitrogen functional groups attached to an aromatic ring is 1. The van der Waals surface area contributed by atoms with E-state index in [0.717, 1.165) is 43.0 Å². The zero-order valence-corrected chi connectivity index (χ0v) is 13.9. The number of hydrogen-bond acceptors (Lipinski definition) is 7. The minimum Gasteiger partial charge on any atom is -0.383 e. The fourth-order valence-corrected chi connectivity index (χ4v) is 2.79. The van der Waals surface area contributed by atoms with Gasteiger partial charge in [-0.15, -0.1) is 12.4 Å². The largest absolute Gasteiger partial charge is 0.383 e. The van der Waals surface area contributed by atoms with Gasteiger partial charge in [0.15, 0.2) is 0 Å². The summed E-state index contributed by atoms with van der Waals surface area (Å²) in [5.74, 6) is 1.99. The maximum Gasteiger partial charge on any atom is 0.228 e. The van der Waals surface area contributed by atoms with E-state index in [1.165, 1.54) is 0 Å². The van der Waals surface area contributed by atoms with Crippen LogP contribution in [0.4, 0.5) is 17.7 Å². The van der Waals surface area contributed by atoms with Crippen LogP contribution in [0.1, 0.15) is 0 Å². The monoisotopic (exact) mass is 343 g/mol. The lowest BCUT2D eigenvalue weighted by Gasteiger charge is -2.34. The van der Waals surface area contributed by atoms with E-state index in [1.54, 1.807) is 12.4 Å². The first-order valence-electron chi connectivity index (χ1n) is 7.60. The van der Waals surface area contributed by atoms with Crippen molar-refractivity contribution < 1.29 is 0 Å². The summed E-state index contributed by atoms with van der Waals surface area (Å²) in [5.41, 5.74) is 6.95. The van der Waals surface area contributed by atoms with E-state index in [2.05, 4.69) is 29.7 Å². The van der Waals surface area contributed by atoms with Crippen molar-refractivity contribution in [3.05, 3.63) is 42.7 Å². The molecule has 3 aromatic rings. The van der Waals surface area contributed by atoms with Gasteiger partial charge in [-0.2, -0.15) is 4.98 Å². The molecule has 2 N–H and O–H groups in total. The Morgan fingerprint density at radius 3 is 2.12 bits per heavy atom. The Morgan fingerprint density at radius 2 is 1.42 bits per heavy atom. The Labute approximate surface area is 146 Å². The van der Waals surface area contributed by atoms with Gasteiger partial charge in [0.05, 0.1) is 5.52 Å². The van der Waals surface area contributed by atoms with Crippen LogP contribution in [0.15, 0.2) is 42.7 Å². The Balaban J connectivity index is 0.00000169. The van der Waals surface area contributed by atoms with Gasteiger partial charge in [-0.05, 0) is 18.2 Å². The molecule has 0 unspecified atom stereocenters. The molecule has 0 aliphatic carbocycles. The molecular formula is C16H18ClN7. The van der Waals surface area contributed by atoms with Crippen LogP contribution in [0, 0.1) is 0 Å². The number of anilines is 3. The van der Waals surface area contributed by atoms with Gasteiger partial charge in [-0.25, -0.2) is 15.0 Å². The van der Waals surface area contributed by atoms with Gasteiger partial charge in [0.1, 0.15) is 5.82 Å². The number of nitrogens with two attached hydrogens (primary N) is 1. The first-order valence-corrected chi connectivity index (χ1v) is 7.60. The minimum absolute atomic E-state index is 0. The van der Waals surface area contributed by atoms with Crippen LogP contribution in [0.5, 0.6) is 0 Å². The molecule has 1 aliphatic heterocycles. The van der Waals surface area contributed by atoms with Crippen LogP contribution in [-0.4, -0.2) is 46.1 Å². The van der Waals surface area contributed by atoms with E-state index in [1.807, 2.05) is 30.3 Å². The van der Waals surface area contributed by atoms with Gasteiger partial charge in [-0.3, -0.25) is 0 Å². The zero-order chi connectivity index (χ0) is 15.6. The maximum atomic E-state index is 6.07. The molecule has 124 valence electrons. The van der Waals surface area contributed by atoms with E-state index in [0.29, 0.717) is 11.8 Å². The third-order valence-electron chi connectivity index (χ3n) is 4.02. The first-order chi connectivity index (χ1) is 11.3. The van der Waals surface area contributed by atoms with Crippen LogP contribution in [-0.2, 0) is 0 Å². The molecule has 1 aliphatic rings. The number of hydrogen-bond donors (Lipinski definition) is 1. The number of piperazine rings is 1. The Hall–Kier alpha value is -2.67. The second-order valence-corrected chi connectivity index (χ2v) is 5.45. The molecule has 8 heteroatoms. The third kappa shape index (κ3) is 3.03. The molecule has 0 saturated carbocycles. The Kier molecular flexibility index (Phi) is 4.61. The highest BCUT2D eigenvalue weighted by molar-refractivity contribution is 5.88. The molecule has 0 amide bonds. The lowest BCUT2D eigenvalue weighted by molar-refractivity contribution is 0.629. The highest BCUT2D eigenvalue weighted by Gasteiger charge is 2.21. The van der Waals surface area contributed by atoms with E-state index >= 15 is 0 Å². The molecule has 0 atom stereocenters. The van der Waals surface area contributed by atoms with Crippen molar-refractivity contribution in [1.29, 1.82) is 0 Å². The summed E-state index contributed by atoms with van der Waals surface area (Å²) in [4.78, 5) is 22.0. The fourth-order valence-electron chi connectivity index (χ4n) is 2.79. The summed E-state index contributed by atoms with van der Waals surface area (Å²) in [6, 6.07) is 9.64. The molecule has 4 rings (SSSR count). The number of fused-ring (bicyclic) bond motifs is 1. The number of para-hydroxylation sites is 1. The average molecular weight is 344 g/mol. The van der Waals surface area contributed by atoms with Crippen molar-refractivity contribution in [2.45, 2.75) is 0 Å². The maximum absolute atomic E-state index is 6.07. The fraction of sp³-hybridized carbons (Fsp3) is 0.250. The van der Waals surface area contributed by atoms with Crippen LogP contribution >= 0.6 is 12.4 Å². The van der Waals surface area contributed by atoms with Crippen molar-refractivity contribution in [3.8, 4) is 0 Å². The second kappa shape index (κ2) is 6.84. The van der Waals surface area contributed by atoms with Crippen molar-refractivity contribution in [1.82, 2.24) is 19.9 Å². The van der Waals surface area contributed by atoms with Crippen LogP contribution in [0.2, 0.25) is 0 Å². The molecular weight excluding hydrogens is 326 g/mol. The Bertz CT molecular complexity index is 819. The molecule has 2 aromatic heterocycles. The molecule has 7 nitrogen and oxygen atoms in total. The van der Waals surface area contributed by atoms with Gasteiger partial charge in [0.2, 0.25) is 11.9 Å². The normalized spacial score (nSPS) is 14.5. The molecule has 0 bridgehead atoms. The Morgan fingerprint density at radius 1 is 0.792 bits per heavy atom. The second-order valence-electron chi connectivity index (χ2n) is 5.45. The SMILES string of the molecule is Cl.Nc1nc(N2CCN(c3ncccn3)CC2)nc2ccccc12. The smallest absolute Gasteiger partial charge is 0.228 e. The zero-order valence-electron chi connectivity index (χ0n) is 13.0. The van der Waals surface area contributed by atoms with E-state index in [-0.39, 0.29) is 12.4 Å². The number of aromatic nitrogens is 4. The van der Waals surface area contributed by atoms with Crippen molar-refractivity contribution >= 4 is 41.0 Å². The lowest BCUT2D eigenvalue weighted by Crippen LogP contribution is -2.47. The summed E-state index contributed by atoms with van der Waals surface area (Å²) in [6.45, 7) is 3.30. The van der Waals surface area contributed by atoms with Gasteiger partial charge in [0, 0.05) is 44.0 Å². The topological polar surface area (TPSA) is 84.1 Å². The van der Waals surface area contributed by atoms with Crippen LogP contribution in [0.25, 0.3) is 10.9 Å². The number of nitrogens with zero attached hydrogens (tertiary/aromatic N) is 6. The van der Waals surface area contributed by atoms with E-state index in [4.69, 9.17) is 5.73 Å². The standard InChI is InChI=1S/C16H17N7.ClH/c17-14-12-4-1-2-5-13(12)20-16(21-14)23-10-8-22(9-11-23)15-18-6-3-7-19-15;/h1-7H,8-11H2,(H2,17,20,21);1H. The van der Waals surface area contributed by atoms with Crippen molar-refractivity contribution in [3.63, 3.8) is 0 Å². The minimum atomic E-state index is 0. The molecule has 0 spiro atoms. The van der Waals surface area contributed by atoms with Gasteiger partial charge < -0.3 is 15.5 Å². The molecule has 24 heavy (non-hydrogen) atoms. The predicted octanol–water partition coefficient (Wildman–Crippen LogP) is 1.75. The molecule has 3 heterocycles. The summed E-state index contributed by atoms with van der Waals surface area (Å²) < 4.78 is 0.